The Kier molecular flexibility index (Phi) is 9.62. The van der Waals surface area contributed by atoms with Crippen LogP contribution in [0.2, 0.25) is 0 Å². The van der Waals surface area contributed by atoms with Gasteiger partial charge in [0.2, 0.25) is 0 Å². The summed E-state index contributed by atoms with van der Waals surface area (Å²) in [4.78, 5) is 4.70. The quantitative estimate of drug-likeness (QED) is 0.155. The highest BCUT2D eigenvalue weighted by atomic mass is 15.2. The third kappa shape index (κ3) is 8.02. The summed E-state index contributed by atoms with van der Waals surface area (Å²) in [7, 11) is 0. The molecule has 8 heteroatoms. The second-order valence-corrected chi connectivity index (χ2v) is 28.7. The van der Waals surface area contributed by atoms with Crippen LogP contribution in [0.4, 0.5) is 34.1 Å². The molecule has 110 heavy (non-hydrogen) atoms. The maximum absolute atomic E-state index is 10.4. The highest BCUT2D eigenvalue weighted by molar-refractivity contribution is 7.00. The lowest BCUT2D eigenvalue weighted by Crippen LogP contribution is -2.61. The Morgan fingerprint density at radius 1 is 0.209 bits per heavy atom. The number of fused-ring (bicyclic) bond motifs is 26. The van der Waals surface area contributed by atoms with Gasteiger partial charge >= 0.3 is 0 Å². The van der Waals surface area contributed by atoms with E-state index in [1.165, 1.54) is 0 Å². The van der Waals surface area contributed by atoms with Crippen molar-refractivity contribution in [3.8, 4) is 22.7 Å². The van der Waals surface area contributed by atoms with Crippen molar-refractivity contribution in [1.82, 2.24) is 22.7 Å². The van der Waals surface area contributed by atoms with Crippen LogP contribution >= 0.6 is 0 Å². The molecule has 7 nitrogen and oxygen atoms in total. The van der Waals surface area contributed by atoms with Crippen molar-refractivity contribution in [2.24, 2.45) is 0 Å². The van der Waals surface area contributed by atoms with E-state index in [9.17, 15) is 20.6 Å². The van der Waals surface area contributed by atoms with Gasteiger partial charge in [0.15, 0.2) is 0 Å². The van der Waals surface area contributed by atoms with Crippen LogP contribution < -0.4 is 26.2 Å². The minimum atomic E-state index is -0.824. The minimum absolute atomic E-state index is 0.0234. The van der Waals surface area contributed by atoms with Crippen LogP contribution in [0.5, 0.6) is 0 Å². The lowest BCUT2D eigenvalue weighted by Gasteiger charge is -2.45. The van der Waals surface area contributed by atoms with Crippen molar-refractivity contribution in [2.45, 2.75) is 0 Å². The summed E-state index contributed by atoms with van der Waals surface area (Å²) in [6.45, 7) is -0.824. The first-order valence-corrected chi connectivity index (χ1v) is 36.9. The molecule has 8 heterocycles. The van der Waals surface area contributed by atoms with E-state index in [2.05, 4.69) is 212 Å². The summed E-state index contributed by atoms with van der Waals surface area (Å²) in [5, 5.41) is 9.20. The molecule has 0 saturated heterocycles. The molecular formula is C102H62BN7. The molecule has 23 aromatic rings. The SMILES string of the molecule is [2H]c1c([2H])c([2H])c2c(c1[2H])c1c([2H])c([2H])c([2H])c([2H])c1n2-c1ccc2c(c1)N(c1cccc3c1c1ccccc1n3-c1ccccc1)c1cc(-n3c4ccccc4c4ccccc43)cc3c1B2c1cc2c4ccccc4c4ccccc4c4c([2H])c([2H])c([2H])c5c6c([2H])c([2H])c([2H])c([2H])c6n(c2cc1N3c1cccc2c1c1ccccc1n2-c1ccccc1)c45. The van der Waals surface area contributed by atoms with E-state index in [1.54, 1.807) is 4.57 Å². The summed E-state index contributed by atoms with van der Waals surface area (Å²) in [6.07, 6.45) is 0. The Balaban J connectivity index is 0.940. The molecule has 0 unspecified atom stereocenters. The lowest BCUT2D eigenvalue weighted by atomic mass is 9.33. The molecule has 2 aliphatic rings. The molecule has 17 aromatic carbocycles. The largest absolute Gasteiger partial charge is 0.311 e. The second kappa shape index (κ2) is 22.5. The van der Waals surface area contributed by atoms with E-state index in [4.69, 9.17) is 0 Å². The molecule has 0 amide bonds. The van der Waals surface area contributed by atoms with Gasteiger partial charge in [-0.3, -0.25) is 0 Å². The molecule has 0 atom stereocenters. The van der Waals surface area contributed by atoms with Crippen molar-refractivity contribution in [3.05, 3.63) is 376 Å². The smallest absolute Gasteiger partial charge is 0.252 e. The number of aromatic nitrogens is 5. The number of nitrogens with zero attached hydrogens (tertiary/aromatic N) is 7. The maximum atomic E-state index is 10.4. The van der Waals surface area contributed by atoms with E-state index in [0.717, 1.165) is 127 Å². The molecule has 25 rings (SSSR count). The predicted octanol–water partition coefficient (Wildman–Crippen LogP) is 24.7. The number of rotatable bonds is 6. The van der Waals surface area contributed by atoms with Crippen molar-refractivity contribution >= 4 is 204 Å². The van der Waals surface area contributed by atoms with Gasteiger partial charge in [0.05, 0.1) is 98.3 Å². The first-order valence-electron chi connectivity index (χ1n) is 44.4. The number of hydrogen-bond donors (Lipinski definition) is 0. The van der Waals surface area contributed by atoms with Crippen LogP contribution in [0, 0.1) is 0 Å². The van der Waals surface area contributed by atoms with Crippen molar-refractivity contribution < 1.29 is 20.6 Å². The zero-order chi connectivity index (χ0) is 84.6. The number of para-hydroxylation sites is 10. The summed E-state index contributed by atoms with van der Waals surface area (Å²) < 4.78 is 157. The topological polar surface area (TPSA) is 30.6 Å². The fourth-order valence-electron chi connectivity index (χ4n) is 19.0. The van der Waals surface area contributed by atoms with E-state index < -0.39 is 79.2 Å². The molecule has 6 aromatic heterocycles. The molecule has 2 aliphatic heterocycles. The normalized spacial score (nSPS) is 14.8. The highest BCUT2D eigenvalue weighted by Gasteiger charge is 2.46. The van der Waals surface area contributed by atoms with Gasteiger partial charge in [-0.1, -0.05) is 255 Å². The van der Waals surface area contributed by atoms with Crippen LogP contribution in [0.25, 0.3) is 170 Å². The molecular weight excluding hydrogens is 1330 g/mol. The Bertz CT molecular complexity index is 8850. The number of hydrogen-bond acceptors (Lipinski definition) is 2. The van der Waals surface area contributed by atoms with Gasteiger partial charge in [0.25, 0.3) is 6.71 Å². The van der Waals surface area contributed by atoms with Crippen LogP contribution in [-0.2, 0) is 0 Å². The molecule has 0 spiro atoms. The summed E-state index contributed by atoms with van der Waals surface area (Å²) >= 11 is 0. The van der Waals surface area contributed by atoms with Crippen molar-refractivity contribution in [3.63, 3.8) is 0 Å². The monoisotopic (exact) mass is 1410 g/mol. The van der Waals surface area contributed by atoms with E-state index in [0.29, 0.717) is 44.1 Å². The predicted molar refractivity (Wildman–Crippen MR) is 465 cm³/mol. The van der Waals surface area contributed by atoms with Gasteiger partial charge in [-0.25, -0.2) is 0 Å². The summed E-state index contributed by atoms with van der Waals surface area (Å²) in [5.41, 5.74) is 15.6. The second-order valence-electron chi connectivity index (χ2n) is 28.7. The van der Waals surface area contributed by atoms with E-state index in [1.807, 2.05) is 101 Å². The maximum Gasteiger partial charge on any atom is 0.252 e. The Morgan fingerprint density at radius 3 is 1.13 bits per heavy atom. The van der Waals surface area contributed by atoms with E-state index >= 15 is 0 Å². The average molecular weight is 1410 g/mol. The molecule has 0 fully saturated rings. The number of benzene rings is 17. The molecule has 508 valence electrons. The Hall–Kier alpha value is -14.6. The van der Waals surface area contributed by atoms with E-state index in [-0.39, 0.29) is 67.1 Å². The van der Waals surface area contributed by atoms with Gasteiger partial charge in [-0.15, -0.1) is 0 Å². The molecule has 0 aliphatic carbocycles. The average Bonchev–Trinajstić information content (AvgIpc) is 1.66. The molecule has 0 N–H and O–H groups in total. The Morgan fingerprint density at radius 2 is 0.591 bits per heavy atom. The lowest BCUT2D eigenvalue weighted by molar-refractivity contribution is 1.15. The van der Waals surface area contributed by atoms with Gasteiger partial charge in [0, 0.05) is 104 Å². The van der Waals surface area contributed by atoms with Crippen LogP contribution in [0.15, 0.2) is 376 Å². The minimum Gasteiger partial charge on any atom is -0.311 e. The third-order valence-electron chi connectivity index (χ3n) is 23.3. The van der Waals surface area contributed by atoms with Gasteiger partial charge in [-0.2, -0.15) is 0 Å². The molecule has 0 radical (unpaired) electrons. The van der Waals surface area contributed by atoms with Gasteiger partial charge in [-0.05, 0) is 159 Å². The van der Waals surface area contributed by atoms with Crippen LogP contribution in [0.1, 0.15) is 20.6 Å². The Labute approximate surface area is 652 Å². The summed E-state index contributed by atoms with van der Waals surface area (Å²) in [6, 6.07) is 90.6. The standard InChI is InChI=1S/C102H62BN7/c1-3-28-63(29-4-1)104-88-50-23-16-41-78(88)99-90(104)52-26-54-92(99)108-95-58-65(106-83-45-18-11-36-71(83)72-37-12-19-46-84(72)106)56-57-81(95)103-82-61-80-70-35-10-8-33-68(70)67-32-7-9-34-69(67)76-43-25-44-77-75-40-15-22-49-87(75)110(102(76)77)94(80)62-96(82)109(93-55-27-53-91-100(93)79-42-17-24-51-89(79)105(91)64-30-5-2-6-31-64)98-60-66(59-97(108)101(98)103)107-85-47-20-13-38-73(85)74-39-14-21-48-86(74)107/h1-62H/i11D,12D,15D,18D,19D,22D,25D,36D,37D,40D,43D,44D,45D,46D,49D. The fourth-order valence-corrected chi connectivity index (χ4v) is 19.0. The van der Waals surface area contributed by atoms with Gasteiger partial charge in [0.1, 0.15) is 0 Å². The first-order chi connectivity index (χ1) is 60.9. The van der Waals surface area contributed by atoms with Crippen molar-refractivity contribution in [2.75, 3.05) is 9.80 Å². The zero-order valence-corrected chi connectivity index (χ0v) is 58.3. The fraction of sp³-hybridized carbons (Fsp3) is 0. The van der Waals surface area contributed by atoms with Gasteiger partial charge < -0.3 is 32.5 Å². The molecule has 0 saturated carbocycles. The third-order valence-corrected chi connectivity index (χ3v) is 23.3. The molecule has 0 bridgehead atoms. The summed E-state index contributed by atoms with van der Waals surface area (Å²) in [5.74, 6) is 0. The zero-order valence-electron chi connectivity index (χ0n) is 73.3. The number of anilines is 6. The van der Waals surface area contributed by atoms with Crippen LogP contribution in [-0.4, -0.2) is 29.4 Å². The van der Waals surface area contributed by atoms with Crippen LogP contribution in [0.3, 0.4) is 0 Å². The first kappa shape index (κ1) is 47.1. The van der Waals surface area contributed by atoms with Crippen molar-refractivity contribution in [1.29, 1.82) is 0 Å². The highest BCUT2D eigenvalue weighted by Crippen LogP contribution is 2.53.